The Morgan fingerprint density at radius 3 is 2.17 bits per heavy atom. The van der Waals surface area contributed by atoms with E-state index in [4.69, 9.17) is 14.2 Å². The van der Waals surface area contributed by atoms with Crippen molar-refractivity contribution in [2.45, 2.75) is 12.5 Å². The number of nitrogens with one attached hydrogen (secondary N) is 2. The van der Waals surface area contributed by atoms with Gasteiger partial charge in [0.2, 0.25) is 0 Å². The molecule has 2 N–H and O–H groups in total. The average Bonchev–Trinajstić information content (AvgIpc) is 3.27. The second kappa shape index (κ2) is 9.20. The quantitative estimate of drug-likeness (QED) is 0.226. The van der Waals surface area contributed by atoms with Gasteiger partial charge >= 0.3 is 5.97 Å². The van der Waals surface area contributed by atoms with Gasteiger partial charge < -0.3 is 24.8 Å². The highest BCUT2D eigenvalue weighted by Gasteiger charge is 2.53. The predicted octanol–water partition coefficient (Wildman–Crippen LogP) is 8.06. The Morgan fingerprint density at radius 2 is 1.38 bits per heavy atom. The smallest absolute Gasteiger partial charge is 0.340 e. The van der Waals surface area contributed by atoms with E-state index in [1.165, 1.54) is 0 Å². The van der Waals surface area contributed by atoms with Crippen LogP contribution in [-0.4, -0.2) is 13.1 Å². The van der Waals surface area contributed by atoms with Crippen molar-refractivity contribution in [3.05, 3.63) is 137 Å². The number of anilines is 4. The van der Waals surface area contributed by atoms with Crippen LogP contribution in [0.5, 0.6) is 17.2 Å². The summed E-state index contributed by atoms with van der Waals surface area (Å²) in [6, 6.07) is 35.2. The molecule has 0 bridgehead atoms. The van der Waals surface area contributed by atoms with Crippen LogP contribution < -0.4 is 20.1 Å². The third-order valence-electron chi connectivity index (χ3n) is 7.49. The van der Waals surface area contributed by atoms with Gasteiger partial charge in [-0.1, -0.05) is 36.4 Å². The van der Waals surface area contributed by atoms with Crippen LogP contribution in [0.15, 0.2) is 109 Å². The summed E-state index contributed by atoms with van der Waals surface area (Å²) in [6.45, 7) is 2.04. The van der Waals surface area contributed by atoms with Gasteiger partial charge in [-0.15, -0.1) is 0 Å². The maximum atomic E-state index is 13.3. The predicted molar refractivity (Wildman–Crippen MR) is 155 cm³/mol. The topological polar surface area (TPSA) is 68.8 Å². The Bertz CT molecular complexity index is 1770. The maximum Gasteiger partial charge on any atom is 0.340 e. The Hall–Kier alpha value is -5.23. The Balaban J connectivity index is 1.37. The van der Waals surface area contributed by atoms with Gasteiger partial charge in [0.15, 0.2) is 5.60 Å². The molecule has 0 saturated carbocycles. The number of carbonyl (C=O) groups is 1. The number of ether oxygens (including phenoxy) is 3. The fraction of sp³-hybridized carbons (Fsp3) is 0.0882. The number of esters is 1. The van der Waals surface area contributed by atoms with Gasteiger partial charge in [0.25, 0.3) is 0 Å². The number of methoxy groups -OCH3 is 1. The van der Waals surface area contributed by atoms with E-state index in [9.17, 15) is 4.79 Å². The minimum Gasteiger partial charge on any atom is -0.497 e. The second-order valence-corrected chi connectivity index (χ2v) is 9.94. The largest absolute Gasteiger partial charge is 0.497 e. The molecular formula is C34H26N2O4. The molecule has 1 spiro atoms. The first-order valence-corrected chi connectivity index (χ1v) is 13.1. The first kappa shape index (κ1) is 23.9. The van der Waals surface area contributed by atoms with Crippen molar-refractivity contribution in [2.24, 2.45) is 0 Å². The molecular weight excluding hydrogens is 500 g/mol. The van der Waals surface area contributed by atoms with Gasteiger partial charge in [0.05, 0.1) is 12.7 Å². The molecule has 7 rings (SSSR count). The highest BCUT2D eigenvalue weighted by Crippen LogP contribution is 2.57. The summed E-state index contributed by atoms with van der Waals surface area (Å²) in [5.74, 6) is 1.71. The van der Waals surface area contributed by atoms with Crippen LogP contribution in [0.3, 0.4) is 0 Å². The third-order valence-corrected chi connectivity index (χ3v) is 7.49. The lowest BCUT2D eigenvalue weighted by Gasteiger charge is -2.37. The van der Waals surface area contributed by atoms with E-state index >= 15 is 0 Å². The zero-order valence-corrected chi connectivity index (χ0v) is 22.0. The molecule has 0 aromatic heterocycles. The van der Waals surface area contributed by atoms with Gasteiger partial charge in [0, 0.05) is 45.5 Å². The SMILES string of the molecule is COc1ccc(Nc2ccc3c(c2)Oc2cc(C)c(Nc4ccccc4)cc2C32OC(=O)c3ccccc32)cc1. The standard InChI is InChI=1S/C34H26N2O4/c1-21-18-31-29(20-30(21)36-22-8-4-3-5-9-22)34(27-11-7-6-10-26(27)33(37)40-34)28-17-14-24(19-32(28)39-31)35-23-12-15-25(38-2)16-13-23/h3-20,35-36H,1-2H3. The molecule has 1 atom stereocenters. The molecule has 6 heteroatoms. The van der Waals surface area contributed by atoms with Crippen molar-refractivity contribution in [3.63, 3.8) is 0 Å². The number of aryl methyl sites for hydroxylation is 1. The molecule has 2 heterocycles. The summed E-state index contributed by atoms with van der Waals surface area (Å²) in [6.07, 6.45) is 0. The maximum absolute atomic E-state index is 13.3. The molecule has 5 aromatic carbocycles. The van der Waals surface area contributed by atoms with Crippen LogP contribution in [-0.2, 0) is 10.3 Å². The van der Waals surface area contributed by atoms with Crippen LogP contribution in [0, 0.1) is 6.92 Å². The molecule has 40 heavy (non-hydrogen) atoms. The Labute approximate surface area is 232 Å². The van der Waals surface area contributed by atoms with Crippen LogP contribution in [0.2, 0.25) is 0 Å². The summed E-state index contributed by atoms with van der Waals surface area (Å²) in [5, 5.41) is 6.95. The highest BCUT2D eigenvalue weighted by atomic mass is 16.6. The number of benzene rings is 5. The van der Waals surface area contributed by atoms with Crippen LogP contribution in [0.25, 0.3) is 0 Å². The van der Waals surface area contributed by atoms with Gasteiger partial charge in [-0.3, -0.25) is 0 Å². The second-order valence-electron chi connectivity index (χ2n) is 9.94. The summed E-state index contributed by atoms with van der Waals surface area (Å²) in [4.78, 5) is 13.3. The summed E-state index contributed by atoms with van der Waals surface area (Å²) < 4.78 is 18.2. The van der Waals surface area contributed by atoms with Crippen LogP contribution >= 0.6 is 0 Å². The van der Waals surface area contributed by atoms with E-state index < -0.39 is 5.60 Å². The highest BCUT2D eigenvalue weighted by molar-refractivity contribution is 5.97. The third kappa shape index (κ3) is 3.76. The Morgan fingerprint density at radius 1 is 0.675 bits per heavy atom. The van der Waals surface area contributed by atoms with E-state index in [-0.39, 0.29) is 5.97 Å². The molecule has 0 saturated heterocycles. The normalized spacial score (nSPS) is 16.3. The number of para-hydroxylation sites is 1. The molecule has 5 aromatic rings. The number of hydrogen-bond donors (Lipinski definition) is 2. The fourth-order valence-electron chi connectivity index (χ4n) is 5.55. The average molecular weight is 527 g/mol. The molecule has 0 amide bonds. The van der Waals surface area contributed by atoms with E-state index in [2.05, 4.69) is 10.6 Å². The monoisotopic (exact) mass is 526 g/mol. The van der Waals surface area contributed by atoms with Crippen molar-refractivity contribution < 1.29 is 19.0 Å². The van der Waals surface area contributed by atoms with Crippen LogP contribution in [0.4, 0.5) is 22.7 Å². The summed E-state index contributed by atoms with van der Waals surface area (Å²) in [7, 11) is 1.65. The number of hydrogen-bond acceptors (Lipinski definition) is 6. The van der Waals surface area contributed by atoms with Crippen molar-refractivity contribution in [3.8, 4) is 17.2 Å². The number of rotatable bonds is 5. The van der Waals surface area contributed by atoms with E-state index in [1.807, 2.05) is 116 Å². The minimum atomic E-state index is -1.14. The molecule has 6 nitrogen and oxygen atoms in total. The molecule has 0 radical (unpaired) electrons. The molecule has 196 valence electrons. The van der Waals surface area contributed by atoms with E-state index in [0.29, 0.717) is 17.1 Å². The molecule has 1 unspecified atom stereocenters. The zero-order chi connectivity index (χ0) is 27.3. The summed E-state index contributed by atoms with van der Waals surface area (Å²) >= 11 is 0. The van der Waals surface area contributed by atoms with E-state index in [0.717, 1.165) is 50.8 Å². The van der Waals surface area contributed by atoms with Crippen molar-refractivity contribution in [1.82, 2.24) is 0 Å². The van der Waals surface area contributed by atoms with Crippen LogP contribution in [0.1, 0.15) is 32.6 Å². The first-order chi connectivity index (χ1) is 19.5. The van der Waals surface area contributed by atoms with Crippen molar-refractivity contribution in [2.75, 3.05) is 17.7 Å². The fourth-order valence-corrected chi connectivity index (χ4v) is 5.55. The molecule has 2 aliphatic rings. The zero-order valence-electron chi connectivity index (χ0n) is 22.0. The minimum absolute atomic E-state index is 0.354. The number of fused-ring (bicyclic) bond motifs is 6. The lowest BCUT2D eigenvalue weighted by atomic mass is 9.77. The van der Waals surface area contributed by atoms with Gasteiger partial charge in [0.1, 0.15) is 17.2 Å². The van der Waals surface area contributed by atoms with Gasteiger partial charge in [-0.25, -0.2) is 4.79 Å². The van der Waals surface area contributed by atoms with E-state index in [1.54, 1.807) is 7.11 Å². The lowest BCUT2D eigenvalue weighted by molar-refractivity contribution is 0.0224. The van der Waals surface area contributed by atoms with Crippen molar-refractivity contribution >= 4 is 28.7 Å². The molecule has 0 aliphatic carbocycles. The molecule has 2 aliphatic heterocycles. The first-order valence-electron chi connectivity index (χ1n) is 13.1. The lowest BCUT2D eigenvalue weighted by Crippen LogP contribution is -2.33. The van der Waals surface area contributed by atoms with Crippen molar-refractivity contribution in [1.29, 1.82) is 0 Å². The number of carbonyl (C=O) groups excluding carboxylic acids is 1. The van der Waals surface area contributed by atoms with Gasteiger partial charge in [-0.05, 0) is 79.2 Å². The molecule has 0 fully saturated rings. The summed E-state index contributed by atoms with van der Waals surface area (Å²) in [5.41, 5.74) is 6.41. The van der Waals surface area contributed by atoms with Gasteiger partial charge in [-0.2, -0.15) is 0 Å². The Kier molecular flexibility index (Phi) is 5.49.